The highest BCUT2D eigenvalue weighted by Gasteiger charge is 2.14. The number of hydrogen-bond acceptors (Lipinski definition) is 2. The van der Waals surface area contributed by atoms with Gasteiger partial charge in [-0.15, -0.1) is 0 Å². The van der Waals surface area contributed by atoms with E-state index >= 15 is 0 Å². The molecule has 0 bridgehead atoms. The van der Waals surface area contributed by atoms with Gasteiger partial charge in [0.05, 0.1) is 12.8 Å². The number of rotatable bonds is 6. The molecule has 0 saturated carbocycles. The molecule has 0 spiro atoms. The number of aryl methyl sites for hydroxylation is 1. The summed E-state index contributed by atoms with van der Waals surface area (Å²) >= 11 is 0. The van der Waals surface area contributed by atoms with Crippen molar-refractivity contribution < 1.29 is 13.7 Å². The Morgan fingerprint density at radius 3 is 2.65 bits per heavy atom. The van der Waals surface area contributed by atoms with E-state index in [1.807, 2.05) is 18.2 Å². The van der Waals surface area contributed by atoms with Crippen molar-refractivity contribution in [1.82, 2.24) is 4.57 Å². The van der Waals surface area contributed by atoms with Gasteiger partial charge in [-0.1, -0.05) is 36.4 Å². The molecule has 0 unspecified atom stereocenters. The quantitative estimate of drug-likeness (QED) is 0.469. The van der Waals surface area contributed by atoms with Crippen LogP contribution in [0.25, 0.3) is 27.9 Å². The highest BCUT2D eigenvalue weighted by Crippen LogP contribution is 2.33. The summed E-state index contributed by atoms with van der Waals surface area (Å²) < 4.78 is 15.6. The largest absolute Gasteiger partial charge is 0.482 e. The molecule has 0 radical (unpaired) electrons. The van der Waals surface area contributed by atoms with Crippen LogP contribution >= 0.6 is 0 Å². The van der Waals surface area contributed by atoms with E-state index in [0.29, 0.717) is 0 Å². The molecule has 26 heavy (non-hydrogen) atoms. The van der Waals surface area contributed by atoms with Crippen molar-refractivity contribution in [3.63, 3.8) is 0 Å². The molecule has 0 aliphatic carbocycles. The summed E-state index contributed by atoms with van der Waals surface area (Å²) in [6.07, 6.45) is 7.16. The standard InChI is InChI=1S/C22H23N2O2/c1-3-24-19(17-10-4-5-11-18(17)22(24)25-2)12-8-9-15-23-16-26-21-14-7-6-13-20(21)23/h4-8,10-14,16H,3,9,15H2,1-2H3/q+1. The lowest BCUT2D eigenvalue weighted by Gasteiger charge is -2.07. The van der Waals surface area contributed by atoms with Gasteiger partial charge in [0.1, 0.15) is 0 Å². The number of nitrogens with zero attached hydrogens (tertiary/aromatic N) is 2. The minimum Gasteiger partial charge on any atom is -0.482 e. The molecule has 2 aromatic heterocycles. The zero-order chi connectivity index (χ0) is 17.9. The number of oxazole rings is 1. The predicted molar refractivity (Wildman–Crippen MR) is 104 cm³/mol. The number of aromatic nitrogens is 2. The van der Waals surface area contributed by atoms with Gasteiger partial charge >= 0.3 is 6.39 Å². The molecule has 0 amide bonds. The zero-order valence-corrected chi connectivity index (χ0v) is 15.2. The number of para-hydroxylation sites is 2. The van der Waals surface area contributed by atoms with E-state index in [4.69, 9.17) is 9.15 Å². The second kappa shape index (κ2) is 7.08. The van der Waals surface area contributed by atoms with Gasteiger partial charge in [-0.05, 0) is 25.1 Å². The number of benzene rings is 2. The first-order valence-electron chi connectivity index (χ1n) is 9.01. The van der Waals surface area contributed by atoms with Crippen LogP contribution < -0.4 is 9.30 Å². The highest BCUT2D eigenvalue weighted by atomic mass is 16.5. The maximum atomic E-state index is 5.66. The Morgan fingerprint density at radius 1 is 1.08 bits per heavy atom. The van der Waals surface area contributed by atoms with Gasteiger partial charge < -0.3 is 13.7 Å². The lowest BCUT2D eigenvalue weighted by Crippen LogP contribution is -2.31. The number of fused-ring (bicyclic) bond motifs is 2. The number of hydrogen-bond donors (Lipinski definition) is 0. The van der Waals surface area contributed by atoms with Crippen molar-refractivity contribution in [1.29, 1.82) is 0 Å². The Bertz CT molecular complexity index is 1070. The Balaban J connectivity index is 1.59. The van der Waals surface area contributed by atoms with Gasteiger partial charge in [0.25, 0.3) is 5.52 Å². The summed E-state index contributed by atoms with van der Waals surface area (Å²) in [7, 11) is 1.74. The monoisotopic (exact) mass is 347 g/mol. The molecule has 0 N–H and O–H groups in total. The maximum Gasteiger partial charge on any atom is 0.335 e. The number of methoxy groups -OCH3 is 1. The normalized spacial score (nSPS) is 11.8. The summed E-state index contributed by atoms with van der Waals surface area (Å²) in [5.41, 5.74) is 3.25. The fraction of sp³-hybridized carbons (Fsp3) is 0.227. The van der Waals surface area contributed by atoms with E-state index < -0.39 is 0 Å². The molecule has 132 valence electrons. The lowest BCUT2D eigenvalue weighted by atomic mass is 10.1. The van der Waals surface area contributed by atoms with Crippen LogP contribution in [0.3, 0.4) is 0 Å². The fourth-order valence-electron chi connectivity index (χ4n) is 3.56. The summed E-state index contributed by atoms with van der Waals surface area (Å²) in [4.78, 5) is 0. The summed E-state index contributed by atoms with van der Waals surface area (Å²) in [6, 6.07) is 16.5. The van der Waals surface area contributed by atoms with Gasteiger partial charge in [-0.2, -0.15) is 4.57 Å². The van der Waals surface area contributed by atoms with E-state index in [0.717, 1.165) is 41.9 Å². The number of allylic oxidation sites excluding steroid dienone is 1. The molecule has 4 heteroatoms. The molecule has 0 saturated heterocycles. The van der Waals surface area contributed by atoms with Crippen LogP contribution in [0, 0.1) is 0 Å². The topological polar surface area (TPSA) is 31.2 Å². The van der Waals surface area contributed by atoms with Gasteiger partial charge in [0.2, 0.25) is 11.5 Å². The summed E-state index contributed by atoms with van der Waals surface area (Å²) in [5, 5.41) is 2.38. The van der Waals surface area contributed by atoms with E-state index in [1.165, 1.54) is 11.1 Å². The van der Waals surface area contributed by atoms with Gasteiger partial charge in [-0.3, -0.25) is 0 Å². The van der Waals surface area contributed by atoms with E-state index in [2.05, 4.69) is 58.5 Å². The van der Waals surface area contributed by atoms with Crippen LogP contribution in [-0.4, -0.2) is 11.7 Å². The molecule has 4 aromatic rings. The lowest BCUT2D eigenvalue weighted by molar-refractivity contribution is -0.675. The Hall–Kier alpha value is -3.01. The van der Waals surface area contributed by atoms with Crippen LogP contribution in [-0.2, 0) is 13.1 Å². The molecular weight excluding hydrogens is 324 g/mol. The second-order valence-electron chi connectivity index (χ2n) is 6.26. The maximum absolute atomic E-state index is 5.66. The Kier molecular flexibility index (Phi) is 4.48. The first-order chi connectivity index (χ1) is 12.8. The van der Waals surface area contributed by atoms with Gasteiger partial charge in [-0.25, -0.2) is 0 Å². The third-order valence-electron chi connectivity index (χ3n) is 4.77. The van der Waals surface area contributed by atoms with E-state index in [-0.39, 0.29) is 0 Å². The first kappa shape index (κ1) is 16.5. The molecule has 0 fully saturated rings. The molecular formula is C22H23N2O2+. The van der Waals surface area contributed by atoms with Crippen molar-refractivity contribution in [2.24, 2.45) is 0 Å². The van der Waals surface area contributed by atoms with Crippen LogP contribution in [0.15, 0.2) is 65.4 Å². The molecule has 0 atom stereocenters. The third kappa shape index (κ3) is 2.77. The molecule has 2 aromatic carbocycles. The molecule has 4 nitrogen and oxygen atoms in total. The minimum atomic E-state index is 0.874. The highest BCUT2D eigenvalue weighted by molar-refractivity contribution is 5.95. The van der Waals surface area contributed by atoms with Crippen LogP contribution in [0.5, 0.6) is 5.88 Å². The summed E-state index contributed by atoms with van der Waals surface area (Å²) in [6.45, 7) is 3.90. The van der Waals surface area contributed by atoms with Gasteiger partial charge in [0, 0.05) is 29.8 Å². The molecule has 2 heterocycles. The zero-order valence-electron chi connectivity index (χ0n) is 15.2. The third-order valence-corrected chi connectivity index (χ3v) is 4.77. The summed E-state index contributed by atoms with van der Waals surface area (Å²) in [5.74, 6) is 0.929. The van der Waals surface area contributed by atoms with Crippen LogP contribution in [0.2, 0.25) is 0 Å². The Morgan fingerprint density at radius 2 is 1.85 bits per heavy atom. The molecule has 4 rings (SSSR count). The van der Waals surface area contributed by atoms with Gasteiger partial charge in [0.15, 0.2) is 6.54 Å². The fourth-order valence-corrected chi connectivity index (χ4v) is 3.56. The molecule has 0 aliphatic heterocycles. The van der Waals surface area contributed by atoms with Crippen LogP contribution in [0.4, 0.5) is 0 Å². The van der Waals surface area contributed by atoms with Crippen LogP contribution in [0.1, 0.15) is 19.0 Å². The first-order valence-corrected chi connectivity index (χ1v) is 9.01. The SMILES string of the molecule is CCn1c(C=CCC[n+]2coc3ccccc32)c2ccccc2c1OC. The molecule has 0 aliphatic rings. The van der Waals surface area contributed by atoms with Crippen molar-refractivity contribution in [3.8, 4) is 5.88 Å². The van der Waals surface area contributed by atoms with Crippen molar-refractivity contribution >= 4 is 27.9 Å². The van der Waals surface area contributed by atoms with Crippen molar-refractivity contribution in [2.45, 2.75) is 26.4 Å². The predicted octanol–water partition coefficient (Wildman–Crippen LogP) is 4.81. The number of ether oxygens (including phenoxy) is 1. The minimum absolute atomic E-state index is 0.874. The van der Waals surface area contributed by atoms with Crippen molar-refractivity contribution in [3.05, 3.63) is 66.7 Å². The average Bonchev–Trinajstić information content (AvgIpc) is 3.23. The van der Waals surface area contributed by atoms with E-state index in [1.54, 1.807) is 13.5 Å². The second-order valence-corrected chi connectivity index (χ2v) is 6.26. The van der Waals surface area contributed by atoms with Crippen molar-refractivity contribution in [2.75, 3.05) is 7.11 Å². The van der Waals surface area contributed by atoms with E-state index in [9.17, 15) is 0 Å². The Labute approximate surface area is 152 Å². The average molecular weight is 347 g/mol. The smallest absolute Gasteiger partial charge is 0.335 e.